The average molecular weight is 188 g/mol. The molecule has 0 unspecified atom stereocenters. The van der Waals surface area contributed by atoms with Gasteiger partial charge in [-0.2, -0.15) is 0 Å². The van der Waals surface area contributed by atoms with Crippen molar-refractivity contribution in [1.82, 2.24) is 14.9 Å². The lowest BCUT2D eigenvalue weighted by atomic mass is 10.4. The highest BCUT2D eigenvalue weighted by atomic mass is 32.1. The second kappa shape index (κ2) is 3.59. The van der Waals surface area contributed by atoms with E-state index in [-0.39, 0.29) is 0 Å². The number of aromatic nitrogens is 2. The van der Waals surface area contributed by atoms with E-state index in [1.807, 2.05) is 7.05 Å². The molecule has 0 aromatic carbocycles. The van der Waals surface area contributed by atoms with E-state index in [2.05, 4.69) is 20.2 Å². The summed E-state index contributed by atoms with van der Waals surface area (Å²) in [5, 5.41) is 10.5. The average Bonchev–Trinajstić information content (AvgIpc) is 2.50. The van der Waals surface area contributed by atoms with E-state index in [4.69, 9.17) is 12.2 Å². The molecule has 2 N–H and O–H groups in total. The minimum Gasteiger partial charge on any atom is -0.377 e. The molecule has 0 bridgehead atoms. The Morgan fingerprint density at radius 1 is 1.55 bits per heavy atom. The number of hydrogen-bond donors (Lipinski definition) is 2. The second-order valence-corrected chi connectivity index (χ2v) is 2.94. The Kier molecular flexibility index (Phi) is 2.72. The van der Waals surface area contributed by atoms with Crippen molar-refractivity contribution in [3.05, 3.63) is 5.69 Å². The molecule has 0 spiro atoms. The Morgan fingerprint density at radius 2 is 2.27 bits per heavy atom. The lowest BCUT2D eigenvalue weighted by Crippen LogP contribution is -2.18. The van der Waals surface area contributed by atoms with Crippen LogP contribution in [0.2, 0.25) is 0 Å². The quantitative estimate of drug-likeness (QED) is 0.661. The summed E-state index contributed by atoms with van der Waals surface area (Å²) in [5.74, 6) is 0. The standard InChI is InChI=1S/C5H8N4S2/c1-6-4(10)3-5(7-2)11-9-8-3/h7H,1-2H3,(H,6,10). The molecule has 0 fully saturated rings. The van der Waals surface area contributed by atoms with Crippen LogP contribution in [-0.4, -0.2) is 28.7 Å². The van der Waals surface area contributed by atoms with Crippen LogP contribution in [0, 0.1) is 0 Å². The SMILES string of the molecule is CNC(=S)c1nnsc1NC. The van der Waals surface area contributed by atoms with E-state index in [1.54, 1.807) is 7.05 Å². The monoisotopic (exact) mass is 188 g/mol. The van der Waals surface area contributed by atoms with Gasteiger partial charge in [0, 0.05) is 25.6 Å². The molecule has 0 saturated carbocycles. The van der Waals surface area contributed by atoms with Crippen LogP contribution in [0.5, 0.6) is 0 Å². The van der Waals surface area contributed by atoms with Crippen LogP contribution in [0.25, 0.3) is 0 Å². The van der Waals surface area contributed by atoms with Crippen LogP contribution in [0.3, 0.4) is 0 Å². The van der Waals surface area contributed by atoms with Crippen LogP contribution >= 0.6 is 23.8 Å². The van der Waals surface area contributed by atoms with E-state index in [9.17, 15) is 0 Å². The summed E-state index contributed by atoms with van der Waals surface area (Å²) in [4.78, 5) is 0.614. The molecule has 1 rings (SSSR count). The minimum atomic E-state index is 0.614. The lowest BCUT2D eigenvalue weighted by molar-refractivity contribution is 1.11. The lowest BCUT2D eigenvalue weighted by Gasteiger charge is -1.99. The van der Waals surface area contributed by atoms with Gasteiger partial charge in [0.15, 0.2) is 5.69 Å². The maximum absolute atomic E-state index is 4.98. The second-order valence-electron chi connectivity index (χ2n) is 1.78. The van der Waals surface area contributed by atoms with E-state index in [1.165, 1.54) is 11.5 Å². The third-order valence-electron chi connectivity index (χ3n) is 1.16. The van der Waals surface area contributed by atoms with Gasteiger partial charge >= 0.3 is 0 Å². The fraction of sp³-hybridized carbons (Fsp3) is 0.400. The first kappa shape index (κ1) is 8.35. The van der Waals surface area contributed by atoms with Gasteiger partial charge in [-0.1, -0.05) is 16.7 Å². The first-order valence-corrected chi connectivity index (χ1v) is 4.20. The molecular weight excluding hydrogens is 180 g/mol. The summed E-state index contributed by atoms with van der Waals surface area (Å²) in [7, 11) is 3.58. The van der Waals surface area contributed by atoms with E-state index in [0.29, 0.717) is 4.99 Å². The van der Waals surface area contributed by atoms with Crippen molar-refractivity contribution in [3.8, 4) is 0 Å². The van der Waals surface area contributed by atoms with Crippen LogP contribution < -0.4 is 10.6 Å². The first-order valence-electron chi connectivity index (χ1n) is 3.01. The summed E-state index contributed by atoms with van der Waals surface area (Å²) >= 11 is 6.28. The molecule has 4 nitrogen and oxygen atoms in total. The van der Waals surface area contributed by atoms with E-state index < -0.39 is 0 Å². The van der Waals surface area contributed by atoms with Gasteiger partial charge in [0.1, 0.15) is 9.99 Å². The third kappa shape index (κ3) is 1.63. The molecule has 0 saturated heterocycles. The summed E-state index contributed by atoms with van der Waals surface area (Å²) in [6.07, 6.45) is 0. The summed E-state index contributed by atoms with van der Waals surface area (Å²) in [6.45, 7) is 0. The molecule has 11 heavy (non-hydrogen) atoms. The summed E-state index contributed by atoms with van der Waals surface area (Å²) in [5.41, 5.74) is 0.718. The molecule has 0 amide bonds. The molecule has 6 heteroatoms. The summed E-state index contributed by atoms with van der Waals surface area (Å²) in [6, 6.07) is 0. The van der Waals surface area contributed by atoms with Crippen LogP contribution in [0.1, 0.15) is 5.69 Å². The molecule has 0 atom stereocenters. The zero-order chi connectivity index (χ0) is 8.27. The van der Waals surface area contributed by atoms with Crippen molar-refractivity contribution < 1.29 is 0 Å². The molecule has 0 aliphatic heterocycles. The highest BCUT2D eigenvalue weighted by Gasteiger charge is 2.09. The Morgan fingerprint density at radius 3 is 2.82 bits per heavy atom. The van der Waals surface area contributed by atoms with Crippen LogP contribution in [0.15, 0.2) is 0 Å². The molecule has 1 heterocycles. The van der Waals surface area contributed by atoms with Crippen LogP contribution in [0.4, 0.5) is 5.00 Å². The molecular formula is C5H8N4S2. The number of nitrogens with one attached hydrogen (secondary N) is 2. The van der Waals surface area contributed by atoms with Gasteiger partial charge in [-0.25, -0.2) is 0 Å². The fourth-order valence-electron chi connectivity index (χ4n) is 0.622. The predicted molar refractivity (Wildman–Crippen MR) is 50.2 cm³/mol. The topological polar surface area (TPSA) is 49.8 Å². The number of nitrogens with zero attached hydrogens (tertiary/aromatic N) is 2. The molecule has 0 radical (unpaired) electrons. The molecule has 0 aliphatic rings. The van der Waals surface area contributed by atoms with Gasteiger partial charge in [-0.3, -0.25) is 0 Å². The highest BCUT2D eigenvalue weighted by molar-refractivity contribution is 7.80. The fourth-order valence-corrected chi connectivity index (χ4v) is 1.35. The molecule has 0 aliphatic carbocycles. The zero-order valence-electron chi connectivity index (χ0n) is 6.21. The van der Waals surface area contributed by atoms with Crippen molar-refractivity contribution in [1.29, 1.82) is 0 Å². The van der Waals surface area contributed by atoms with Gasteiger partial charge < -0.3 is 10.6 Å². The number of anilines is 1. The summed E-state index contributed by atoms with van der Waals surface area (Å²) < 4.78 is 3.76. The third-order valence-corrected chi connectivity index (χ3v) is 2.30. The maximum atomic E-state index is 4.98. The van der Waals surface area contributed by atoms with Crippen molar-refractivity contribution in [2.45, 2.75) is 0 Å². The van der Waals surface area contributed by atoms with Crippen molar-refractivity contribution in [2.24, 2.45) is 0 Å². The van der Waals surface area contributed by atoms with E-state index in [0.717, 1.165) is 10.7 Å². The smallest absolute Gasteiger partial charge is 0.156 e. The van der Waals surface area contributed by atoms with Gasteiger partial charge in [0.05, 0.1) is 0 Å². The Bertz CT molecular complexity index is 257. The minimum absolute atomic E-state index is 0.614. The number of hydrogen-bond acceptors (Lipinski definition) is 5. The Balaban J connectivity index is 2.92. The molecule has 1 aromatic rings. The predicted octanol–water partition coefficient (Wildman–Crippen LogP) is 0.475. The Hall–Kier alpha value is -0.750. The van der Waals surface area contributed by atoms with Gasteiger partial charge in [-0.15, -0.1) is 5.10 Å². The molecule has 1 aromatic heterocycles. The van der Waals surface area contributed by atoms with Crippen molar-refractivity contribution in [3.63, 3.8) is 0 Å². The highest BCUT2D eigenvalue weighted by Crippen LogP contribution is 2.16. The van der Waals surface area contributed by atoms with E-state index >= 15 is 0 Å². The van der Waals surface area contributed by atoms with Gasteiger partial charge in [0.2, 0.25) is 0 Å². The first-order chi connectivity index (χ1) is 5.29. The largest absolute Gasteiger partial charge is 0.377 e. The normalized spacial score (nSPS) is 9.27. The van der Waals surface area contributed by atoms with Crippen LogP contribution in [-0.2, 0) is 0 Å². The maximum Gasteiger partial charge on any atom is 0.156 e. The Labute approximate surface area is 74.2 Å². The number of rotatable bonds is 2. The van der Waals surface area contributed by atoms with Crippen molar-refractivity contribution >= 4 is 33.7 Å². The number of thiocarbonyl (C=S) groups is 1. The van der Waals surface area contributed by atoms with Gasteiger partial charge in [0.25, 0.3) is 0 Å². The zero-order valence-corrected chi connectivity index (χ0v) is 7.84. The van der Waals surface area contributed by atoms with Crippen molar-refractivity contribution in [2.75, 3.05) is 19.4 Å². The van der Waals surface area contributed by atoms with Gasteiger partial charge in [-0.05, 0) is 0 Å². The molecule has 60 valence electrons.